The largest absolute Gasteiger partial charge is 0.512 e. The number of rotatable bonds is 9. The molecular weight excluding hydrogens is 328 g/mol. The predicted octanol–water partition coefficient (Wildman–Crippen LogP) is 5.01. The van der Waals surface area contributed by atoms with Gasteiger partial charge < -0.3 is 15.3 Å². The van der Waals surface area contributed by atoms with Crippen molar-refractivity contribution >= 4 is 5.97 Å². The molecule has 0 radical (unpaired) electrons. The van der Waals surface area contributed by atoms with Crippen molar-refractivity contribution in [3.8, 4) is 0 Å². The number of hydrogen-bond acceptors (Lipinski definition) is 3. The fourth-order valence-corrected chi connectivity index (χ4v) is 4.49. The number of aliphatic hydroxyl groups is 2. The Hall–Kier alpha value is -1.55. The van der Waals surface area contributed by atoms with E-state index < -0.39 is 12.1 Å². The third-order valence-electron chi connectivity index (χ3n) is 5.83. The van der Waals surface area contributed by atoms with Crippen LogP contribution in [0.5, 0.6) is 0 Å². The average molecular weight is 363 g/mol. The van der Waals surface area contributed by atoms with Gasteiger partial charge in [-0.2, -0.15) is 0 Å². The Morgan fingerprint density at radius 2 is 1.88 bits per heavy atom. The van der Waals surface area contributed by atoms with Crippen LogP contribution in [0.15, 0.2) is 35.1 Å². The average Bonchev–Trinajstić information content (AvgIpc) is 3.01. The van der Waals surface area contributed by atoms with Gasteiger partial charge in [-0.15, -0.1) is 0 Å². The number of allylic oxidation sites excluding steroid dienone is 4. The molecule has 0 bridgehead atoms. The molecule has 0 heterocycles. The summed E-state index contributed by atoms with van der Waals surface area (Å²) in [5, 5.41) is 29.9. The van der Waals surface area contributed by atoms with E-state index in [9.17, 15) is 15.0 Å². The Bertz CT molecular complexity index is 583. The summed E-state index contributed by atoms with van der Waals surface area (Å²) < 4.78 is 0. The molecule has 1 fully saturated rings. The molecule has 5 atom stereocenters. The van der Waals surface area contributed by atoms with E-state index >= 15 is 0 Å². The van der Waals surface area contributed by atoms with Gasteiger partial charge in [0.1, 0.15) is 0 Å². The fraction of sp³-hybridized carbons (Fsp3) is 0.682. The smallest absolute Gasteiger partial charge is 0.307 e. The molecule has 2 aliphatic rings. The molecule has 2 aliphatic carbocycles. The Kier molecular flexibility index (Phi) is 7.51. The Balaban J connectivity index is 1.85. The number of carbonyl (C=O) groups is 1. The number of hydrogen-bond donors (Lipinski definition) is 3. The first-order valence-corrected chi connectivity index (χ1v) is 9.89. The van der Waals surface area contributed by atoms with E-state index in [0.717, 1.165) is 31.3 Å². The minimum absolute atomic E-state index is 0.0729. The second-order valence-electron chi connectivity index (χ2n) is 8.43. The van der Waals surface area contributed by atoms with Crippen molar-refractivity contribution in [3.63, 3.8) is 0 Å². The van der Waals surface area contributed by atoms with Crippen molar-refractivity contribution in [2.24, 2.45) is 23.7 Å². The van der Waals surface area contributed by atoms with Crippen LogP contribution in [0.4, 0.5) is 0 Å². The summed E-state index contributed by atoms with van der Waals surface area (Å²) in [5.74, 6) is 0.185. The number of carboxylic acid groups (broad SMARTS) is 1. The molecule has 3 N–H and O–H groups in total. The van der Waals surface area contributed by atoms with Crippen molar-refractivity contribution in [3.05, 3.63) is 35.1 Å². The Morgan fingerprint density at radius 1 is 1.23 bits per heavy atom. The molecule has 1 unspecified atom stereocenters. The molecule has 0 aliphatic heterocycles. The first-order chi connectivity index (χ1) is 12.3. The van der Waals surface area contributed by atoms with E-state index in [4.69, 9.17) is 5.11 Å². The van der Waals surface area contributed by atoms with Crippen molar-refractivity contribution < 1.29 is 20.1 Å². The first-order valence-electron chi connectivity index (χ1n) is 9.89. The number of aliphatic carboxylic acids is 1. The molecule has 26 heavy (non-hydrogen) atoms. The molecule has 0 amide bonds. The SMILES string of the molecule is CC(C)=CCCC(C)CCC=C(O)[C@@H]1[C@@H]2CC(CC(=O)O)=C[C@@H]2C[C@H]1O. The number of fused-ring (bicyclic) bond motifs is 1. The summed E-state index contributed by atoms with van der Waals surface area (Å²) in [6.45, 7) is 6.47. The first kappa shape index (κ1) is 20.8. The van der Waals surface area contributed by atoms with E-state index in [1.54, 1.807) is 0 Å². The van der Waals surface area contributed by atoms with Gasteiger partial charge in [0.2, 0.25) is 0 Å². The second-order valence-corrected chi connectivity index (χ2v) is 8.43. The molecule has 4 nitrogen and oxygen atoms in total. The summed E-state index contributed by atoms with van der Waals surface area (Å²) in [5.41, 5.74) is 2.29. The lowest BCUT2D eigenvalue weighted by Gasteiger charge is -2.21. The zero-order valence-electron chi connectivity index (χ0n) is 16.3. The van der Waals surface area contributed by atoms with Crippen LogP contribution >= 0.6 is 0 Å². The lowest BCUT2D eigenvalue weighted by molar-refractivity contribution is -0.136. The fourth-order valence-electron chi connectivity index (χ4n) is 4.49. The van der Waals surface area contributed by atoms with Gasteiger partial charge in [-0.1, -0.05) is 30.2 Å². The highest BCUT2D eigenvalue weighted by atomic mass is 16.4. The van der Waals surface area contributed by atoms with Gasteiger partial charge in [0.25, 0.3) is 0 Å². The van der Waals surface area contributed by atoms with Crippen LogP contribution in [-0.4, -0.2) is 27.4 Å². The second kappa shape index (κ2) is 9.40. The van der Waals surface area contributed by atoms with Crippen LogP contribution in [0, 0.1) is 23.7 Å². The third kappa shape index (κ3) is 5.73. The van der Waals surface area contributed by atoms with E-state index in [0.29, 0.717) is 24.5 Å². The molecule has 0 aromatic carbocycles. The molecule has 4 heteroatoms. The van der Waals surface area contributed by atoms with Crippen molar-refractivity contribution in [2.75, 3.05) is 0 Å². The highest BCUT2D eigenvalue weighted by molar-refractivity contribution is 5.70. The quantitative estimate of drug-likeness (QED) is 0.398. The highest BCUT2D eigenvalue weighted by Gasteiger charge is 2.46. The van der Waals surface area contributed by atoms with Gasteiger partial charge in [0.05, 0.1) is 18.3 Å². The van der Waals surface area contributed by atoms with Crippen LogP contribution in [0.25, 0.3) is 0 Å². The molecule has 0 aromatic rings. The van der Waals surface area contributed by atoms with E-state index in [1.165, 1.54) is 5.57 Å². The van der Waals surface area contributed by atoms with Gasteiger partial charge >= 0.3 is 5.97 Å². The van der Waals surface area contributed by atoms with Crippen LogP contribution in [0.2, 0.25) is 0 Å². The van der Waals surface area contributed by atoms with Crippen molar-refractivity contribution in [1.29, 1.82) is 0 Å². The molecule has 0 aromatic heterocycles. The molecule has 1 saturated carbocycles. The van der Waals surface area contributed by atoms with Gasteiger partial charge in [-0.3, -0.25) is 4.79 Å². The predicted molar refractivity (Wildman–Crippen MR) is 104 cm³/mol. The number of carboxylic acids is 1. The topological polar surface area (TPSA) is 77.8 Å². The van der Waals surface area contributed by atoms with E-state index in [1.807, 2.05) is 12.2 Å². The minimum Gasteiger partial charge on any atom is -0.512 e. The van der Waals surface area contributed by atoms with Crippen LogP contribution < -0.4 is 0 Å². The highest BCUT2D eigenvalue weighted by Crippen LogP contribution is 2.49. The molecule has 0 saturated heterocycles. The monoisotopic (exact) mass is 362 g/mol. The summed E-state index contributed by atoms with van der Waals surface area (Å²) in [7, 11) is 0. The summed E-state index contributed by atoms with van der Waals surface area (Å²) in [6, 6.07) is 0. The summed E-state index contributed by atoms with van der Waals surface area (Å²) >= 11 is 0. The normalized spacial score (nSPS) is 29.2. The third-order valence-corrected chi connectivity index (χ3v) is 5.83. The van der Waals surface area contributed by atoms with Crippen LogP contribution in [0.1, 0.15) is 65.7 Å². The minimum atomic E-state index is -0.810. The Labute approximate surface area is 157 Å². The molecule has 0 spiro atoms. The summed E-state index contributed by atoms with van der Waals surface area (Å²) in [6.07, 6.45) is 11.1. The van der Waals surface area contributed by atoms with Crippen LogP contribution in [-0.2, 0) is 4.79 Å². The Morgan fingerprint density at radius 3 is 2.50 bits per heavy atom. The van der Waals surface area contributed by atoms with Crippen molar-refractivity contribution in [1.82, 2.24) is 0 Å². The maximum atomic E-state index is 10.9. The zero-order valence-corrected chi connectivity index (χ0v) is 16.3. The van der Waals surface area contributed by atoms with Crippen molar-refractivity contribution in [2.45, 2.75) is 71.8 Å². The maximum Gasteiger partial charge on any atom is 0.307 e. The molecule has 146 valence electrons. The van der Waals surface area contributed by atoms with Gasteiger partial charge in [0, 0.05) is 5.92 Å². The summed E-state index contributed by atoms with van der Waals surface area (Å²) in [4.78, 5) is 10.9. The molecule has 2 rings (SSSR count). The lowest BCUT2D eigenvalue weighted by atomic mass is 9.87. The van der Waals surface area contributed by atoms with E-state index in [-0.39, 0.29) is 24.2 Å². The van der Waals surface area contributed by atoms with Gasteiger partial charge in [-0.25, -0.2) is 0 Å². The zero-order chi connectivity index (χ0) is 19.3. The number of aliphatic hydroxyl groups excluding tert-OH is 2. The van der Waals surface area contributed by atoms with E-state index in [2.05, 4.69) is 26.8 Å². The standard InChI is InChI=1S/C22H34O4/c1-14(2)6-4-7-15(3)8-5-9-19(23)22-18-11-16(12-21(25)26)10-17(18)13-20(22)24/h6,9-10,15,17-18,20,22-24H,4-5,7-8,11-13H2,1-3H3,(H,25,26)/t15?,17-,18-,20-,22+/m1/s1. The van der Waals surface area contributed by atoms with Gasteiger partial charge in [0.15, 0.2) is 0 Å². The molecular formula is C22H34O4. The maximum absolute atomic E-state index is 10.9. The van der Waals surface area contributed by atoms with Gasteiger partial charge in [-0.05, 0) is 76.2 Å². The lowest BCUT2D eigenvalue weighted by Crippen LogP contribution is -2.22. The van der Waals surface area contributed by atoms with Crippen LogP contribution in [0.3, 0.4) is 0 Å².